The molecule has 58 valence electrons. The zero-order chi connectivity index (χ0) is 8.23. The molecule has 1 aromatic rings. The molecule has 2 rings (SSSR count). The minimum atomic E-state index is 0.603. The number of guanidine groups is 1. The van der Waals surface area contributed by atoms with Crippen LogP contribution in [0.1, 0.15) is 0 Å². The van der Waals surface area contributed by atoms with Gasteiger partial charge in [0.2, 0.25) is 17.5 Å². The number of nitrogens with zero attached hydrogens (tertiary/aromatic N) is 3. The predicted molar refractivity (Wildman–Crippen MR) is 45.0 cm³/mol. The molecule has 1 aliphatic rings. The summed E-state index contributed by atoms with van der Waals surface area (Å²) >= 11 is 0. The van der Waals surface area contributed by atoms with Crippen molar-refractivity contribution < 1.29 is 9.67 Å². The minimum absolute atomic E-state index is 0.603. The van der Waals surface area contributed by atoms with Gasteiger partial charge in [0, 0.05) is 16.8 Å². The fourth-order valence-electron chi connectivity index (χ4n) is 0.877. The SMILES string of the molecule is C1=NC(=N[n+]2ccccc2)[NH+]=C1. The van der Waals surface area contributed by atoms with Crippen LogP contribution >= 0.6 is 0 Å². The Balaban J connectivity index is 2.29. The van der Waals surface area contributed by atoms with Crippen molar-refractivity contribution in [3.63, 3.8) is 0 Å². The largest absolute Gasteiger partial charge is 0.496 e. The van der Waals surface area contributed by atoms with E-state index in [0.717, 1.165) is 0 Å². The maximum absolute atomic E-state index is 4.15. The van der Waals surface area contributed by atoms with Gasteiger partial charge in [-0.1, -0.05) is 11.1 Å². The number of hydrogen-bond donors (Lipinski definition) is 1. The van der Waals surface area contributed by atoms with E-state index < -0.39 is 0 Å². The molecule has 12 heavy (non-hydrogen) atoms. The lowest BCUT2D eigenvalue weighted by molar-refractivity contribution is -0.682. The fraction of sp³-hybridized carbons (Fsp3) is 0. The van der Waals surface area contributed by atoms with Crippen LogP contribution in [0.5, 0.6) is 0 Å². The number of rotatable bonds is 1. The van der Waals surface area contributed by atoms with E-state index in [1.165, 1.54) is 0 Å². The van der Waals surface area contributed by atoms with Crippen LogP contribution in [0.3, 0.4) is 0 Å². The van der Waals surface area contributed by atoms with E-state index in [0.29, 0.717) is 5.96 Å². The number of pyridine rings is 1. The second-order valence-electron chi connectivity index (χ2n) is 2.27. The second kappa shape index (κ2) is 3.04. The lowest BCUT2D eigenvalue weighted by Crippen LogP contribution is -2.71. The van der Waals surface area contributed by atoms with Gasteiger partial charge in [0.15, 0.2) is 0 Å². The van der Waals surface area contributed by atoms with Gasteiger partial charge in [-0.15, -0.1) is 0 Å². The van der Waals surface area contributed by atoms with Crippen LogP contribution in [0.2, 0.25) is 0 Å². The van der Waals surface area contributed by atoms with E-state index in [1.54, 1.807) is 17.1 Å². The van der Waals surface area contributed by atoms with Gasteiger partial charge in [-0.05, 0) is 0 Å². The number of aromatic nitrogens is 1. The second-order valence-corrected chi connectivity index (χ2v) is 2.27. The van der Waals surface area contributed by atoms with Crippen molar-refractivity contribution in [1.82, 2.24) is 0 Å². The first-order valence-electron chi connectivity index (χ1n) is 3.63. The molecule has 0 aromatic carbocycles. The van der Waals surface area contributed by atoms with E-state index in [9.17, 15) is 0 Å². The first-order chi connectivity index (χ1) is 5.95. The lowest BCUT2D eigenvalue weighted by atomic mass is 10.5. The standard InChI is InChI=1S/C8H7N4/c1-2-6-12(7-3-1)11-8-9-4-5-10-8/h1-7H/q+1/p+1. The molecule has 0 unspecified atom stereocenters. The highest BCUT2D eigenvalue weighted by Gasteiger charge is 2.12. The third-order valence-electron chi connectivity index (χ3n) is 1.39. The van der Waals surface area contributed by atoms with E-state index in [4.69, 9.17) is 0 Å². The van der Waals surface area contributed by atoms with Crippen LogP contribution in [0.4, 0.5) is 0 Å². The molecule has 1 aromatic heterocycles. The molecular formula is C8H8N4+2. The Morgan fingerprint density at radius 2 is 2.08 bits per heavy atom. The summed E-state index contributed by atoms with van der Waals surface area (Å²) in [6.45, 7) is 0. The van der Waals surface area contributed by atoms with Gasteiger partial charge in [-0.3, -0.25) is 0 Å². The first kappa shape index (κ1) is 6.84. The molecule has 0 radical (unpaired) electrons. The highest BCUT2D eigenvalue weighted by molar-refractivity contribution is 6.19. The van der Waals surface area contributed by atoms with Crippen LogP contribution < -0.4 is 9.67 Å². The van der Waals surface area contributed by atoms with E-state index in [1.807, 2.05) is 30.6 Å². The summed E-state index contributed by atoms with van der Waals surface area (Å²) in [5.41, 5.74) is 0. The van der Waals surface area contributed by atoms with Crippen LogP contribution in [0.15, 0.2) is 40.7 Å². The van der Waals surface area contributed by atoms with Crippen LogP contribution in [-0.4, -0.2) is 18.4 Å². The molecule has 0 bridgehead atoms. The molecule has 4 heteroatoms. The van der Waals surface area contributed by atoms with Crippen LogP contribution in [0, 0.1) is 0 Å². The first-order valence-corrected chi connectivity index (χ1v) is 3.63. The average Bonchev–Trinajstić information content (AvgIpc) is 2.59. The van der Waals surface area contributed by atoms with Crippen LogP contribution in [-0.2, 0) is 0 Å². The lowest BCUT2D eigenvalue weighted by Gasteiger charge is -1.75. The Labute approximate surface area is 69.6 Å². The quantitative estimate of drug-likeness (QED) is 0.477. The molecular weight excluding hydrogens is 152 g/mol. The smallest absolute Gasteiger partial charge is 0.238 e. The summed E-state index contributed by atoms with van der Waals surface area (Å²) in [5.74, 6) is 0.603. The fourth-order valence-corrected chi connectivity index (χ4v) is 0.877. The zero-order valence-electron chi connectivity index (χ0n) is 6.38. The van der Waals surface area contributed by atoms with Crippen molar-refractivity contribution in [2.24, 2.45) is 10.1 Å². The number of aliphatic imine (C=N–C) groups is 1. The maximum atomic E-state index is 4.15. The van der Waals surface area contributed by atoms with E-state index in [2.05, 4.69) is 15.1 Å². The molecule has 0 atom stereocenters. The van der Waals surface area contributed by atoms with Crippen molar-refractivity contribution in [2.45, 2.75) is 0 Å². The molecule has 1 aliphatic heterocycles. The van der Waals surface area contributed by atoms with Crippen molar-refractivity contribution >= 4 is 18.4 Å². The molecule has 0 saturated carbocycles. The summed E-state index contributed by atoms with van der Waals surface area (Å²) in [6, 6.07) is 5.76. The van der Waals surface area contributed by atoms with E-state index >= 15 is 0 Å². The molecule has 4 nitrogen and oxygen atoms in total. The van der Waals surface area contributed by atoms with Gasteiger partial charge in [0.25, 0.3) is 0 Å². The third-order valence-corrected chi connectivity index (χ3v) is 1.39. The molecule has 0 amide bonds. The number of nitrogens with one attached hydrogen (secondary N) is 1. The third kappa shape index (κ3) is 1.42. The zero-order valence-corrected chi connectivity index (χ0v) is 6.38. The van der Waals surface area contributed by atoms with Gasteiger partial charge in [0.05, 0.1) is 6.21 Å². The van der Waals surface area contributed by atoms with E-state index in [-0.39, 0.29) is 0 Å². The van der Waals surface area contributed by atoms with Gasteiger partial charge in [0.1, 0.15) is 6.21 Å². The minimum Gasteiger partial charge on any atom is -0.238 e. The normalized spacial score (nSPS) is 17.5. The van der Waals surface area contributed by atoms with Crippen molar-refractivity contribution in [1.29, 1.82) is 0 Å². The summed E-state index contributed by atoms with van der Waals surface area (Å²) < 4.78 is 1.69. The molecule has 1 N–H and O–H groups in total. The van der Waals surface area contributed by atoms with Crippen LogP contribution in [0.25, 0.3) is 0 Å². The van der Waals surface area contributed by atoms with Gasteiger partial charge in [-0.2, -0.15) is 0 Å². The molecule has 0 aliphatic carbocycles. The highest BCUT2D eigenvalue weighted by Crippen LogP contribution is 1.76. The highest BCUT2D eigenvalue weighted by atomic mass is 15.4. The Hall–Kier alpha value is -1.84. The Bertz CT molecular complexity index is 337. The maximum Gasteiger partial charge on any atom is 0.496 e. The molecule has 0 fully saturated rings. The molecule has 0 spiro atoms. The monoisotopic (exact) mass is 160 g/mol. The summed E-state index contributed by atoms with van der Waals surface area (Å²) in [4.78, 5) is 6.86. The topological polar surface area (TPSA) is 42.6 Å². The summed E-state index contributed by atoms with van der Waals surface area (Å²) in [5, 5.41) is 4.15. The average molecular weight is 160 g/mol. The van der Waals surface area contributed by atoms with Crippen molar-refractivity contribution in [3.05, 3.63) is 30.6 Å². The predicted octanol–water partition coefficient (Wildman–Crippen LogP) is -1.67. The number of hydrogen-bond acceptors (Lipinski definition) is 1. The summed E-state index contributed by atoms with van der Waals surface area (Å²) in [7, 11) is 0. The Morgan fingerprint density at radius 3 is 2.75 bits per heavy atom. The molecule has 0 saturated heterocycles. The van der Waals surface area contributed by atoms with Gasteiger partial charge < -0.3 is 0 Å². The Kier molecular flexibility index (Phi) is 1.74. The van der Waals surface area contributed by atoms with Gasteiger partial charge >= 0.3 is 5.96 Å². The van der Waals surface area contributed by atoms with Crippen molar-refractivity contribution in [2.75, 3.05) is 0 Å². The van der Waals surface area contributed by atoms with Crippen molar-refractivity contribution in [3.8, 4) is 0 Å². The Morgan fingerprint density at radius 1 is 1.25 bits per heavy atom. The molecule has 2 heterocycles. The van der Waals surface area contributed by atoms with Gasteiger partial charge in [-0.25, -0.2) is 4.99 Å². The summed E-state index contributed by atoms with van der Waals surface area (Å²) in [6.07, 6.45) is 7.11.